The van der Waals surface area contributed by atoms with Crippen molar-refractivity contribution in [3.63, 3.8) is 0 Å². The van der Waals surface area contributed by atoms with Crippen molar-refractivity contribution in [3.05, 3.63) is 11.7 Å². The molecule has 0 spiro atoms. The van der Waals surface area contributed by atoms with Crippen LogP contribution in [0.25, 0.3) is 0 Å². The molecule has 4 heteroatoms. The van der Waals surface area contributed by atoms with Gasteiger partial charge in [-0.25, -0.2) is 0 Å². The average molecular weight is 155 g/mol. The average Bonchev–Trinajstić information content (AvgIpc) is 2.37. The Bertz CT molecular complexity index is 219. The first-order valence-electron chi connectivity index (χ1n) is 3.82. The van der Waals surface area contributed by atoms with E-state index in [2.05, 4.69) is 17.1 Å². The van der Waals surface area contributed by atoms with E-state index in [0.29, 0.717) is 11.7 Å². The molecule has 0 bridgehead atoms. The van der Waals surface area contributed by atoms with E-state index < -0.39 is 0 Å². The van der Waals surface area contributed by atoms with Gasteiger partial charge >= 0.3 is 0 Å². The summed E-state index contributed by atoms with van der Waals surface area (Å²) in [6.07, 6.45) is 1.85. The lowest BCUT2D eigenvalue weighted by Crippen LogP contribution is -2.06. The zero-order valence-electron chi connectivity index (χ0n) is 6.87. The maximum Gasteiger partial charge on any atom is 0.226 e. The number of nitrogens with zero attached hydrogens (tertiary/aromatic N) is 2. The summed E-state index contributed by atoms with van der Waals surface area (Å²) >= 11 is 0. The Kier molecular flexibility index (Phi) is 2.59. The smallest absolute Gasteiger partial charge is 0.226 e. The first kappa shape index (κ1) is 8.20. The molecule has 2 N–H and O–H groups in total. The lowest BCUT2D eigenvalue weighted by atomic mass is 10.3. The van der Waals surface area contributed by atoms with Gasteiger partial charge in [-0.3, -0.25) is 0 Å². The fraction of sp³-hybridized carbons (Fsp3) is 0.714. The molecule has 1 unspecified atom stereocenters. The predicted octanol–water partition coefficient (Wildman–Crippen LogP) is 1.04. The zero-order valence-corrected chi connectivity index (χ0v) is 6.87. The van der Waals surface area contributed by atoms with Crippen molar-refractivity contribution in [3.8, 4) is 0 Å². The predicted molar refractivity (Wildman–Crippen MR) is 40.9 cm³/mol. The summed E-state index contributed by atoms with van der Waals surface area (Å²) in [5, 5.41) is 3.72. The molecule has 0 aliphatic rings. The second-order valence-electron chi connectivity index (χ2n) is 2.58. The SMILES string of the molecule is CCCc1nc(C(C)N)no1. The molecule has 0 aliphatic heterocycles. The van der Waals surface area contributed by atoms with Gasteiger partial charge in [0.15, 0.2) is 5.82 Å². The molecule has 0 fully saturated rings. The highest BCUT2D eigenvalue weighted by molar-refractivity contribution is 4.90. The fourth-order valence-electron chi connectivity index (χ4n) is 0.768. The minimum absolute atomic E-state index is 0.135. The second-order valence-corrected chi connectivity index (χ2v) is 2.58. The molecule has 1 rings (SSSR count). The molecule has 62 valence electrons. The van der Waals surface area contributed by atoms with Crippen molar-refractivity contribution in [1.82, 2.24) is 10.1 Å². The zero-order chi connectivity index (χ0) is 8.27. The van der Waals surface area contributed by atoms with Gasteiger partial charge in [0.2, 0.25) is 5.89 Å². The van der Waals surface area contributed by atoms with E-state index in [1.165, 1.54) is 0 Å². The molecular formula is C7H13N3O. The van der Waals surface area contributed by atoms with Crippen molar-refractivity contribution < 1.29 is 4.52 Å². The van der Waals surface area contributed by atoms with Crippen LogP contribution in [0.1, 0.15) is 38.0 Å². The van der Waals surface area contributed by atoms with Crippen molar-refractivity contribution in [1.29, 1.82) is 0 Å². The van der Waals surface area contributed by atoms with Crippen LogP contribution in [0, 0.1) is 0 Å². The van der Waals surface area contributed by atoms with Crippen LogP contribution in [-0.2, 0) is 6.42 Å². The monoisotopic (exact) mass is 155 g/mol. The number of aryl methyl sites for hydroxylation is 1. The molecular weight excluding hydrogens is 142 g/mol. The summed E-state index contributed by atoms with van der Waals surface area (Å²) in [7, 11) is 0. The van der Waals surface area contributed by atoms with Crippen LogP contribution in [0.4, 0.5) is 0 Å². The van der Waals surface area contributed by atoms with Crippen LogP contribution in [0.5, 0.6) is 0 Å². The summed E-state index contributed by atoms with van der Waals surface area (Å²) < 4.78 is 4.93. The Morgan fingerprint density at radius 2 is 2.36 bits per heavy atom. The van der Waals surface area contributed by atoms with Gasteiger partial charge in [-0.15, -0.1) is 0 Å². The van der Waals surface area contributed by atoms with Crippen LogP contribution in [0.15, 0.2) is 4.52 Å². The molecule has 0 saturated heterocycles. The Morgan fingerprint density at radius 3 is 2.82 bits per heavy atom. The Hall–Kier alpha value is -0.900. The van der Waals surface area contributed by atoms with Gasteiger partial charge in [0.05, 0.1) is 6.04 Å². The highest BCUT2D eigenvalue weighted by atomic mass is 16.5. The maximum absolute atomic E-state index is 5.54. The Labute approximate surface area is 65.8 Å². The van der Waals surface area contributed by atoms with E-state index in [1.807, 2.05) is 6.92 Å². The van der Waals surface area contributed by atoms with Gasteiger partial charge in [0.25, 0.3) is 0 Å². The third-order valence-corrected chi connectivity index (χ3v) is 1.35. The van der Waals surface area contributed by atoms with E-state index in [-0.39, 0.29) is 6.04 Å². The Balaban J connectivity index is 2.66. The van der Waals surface area contributed by atoms with Crippen molar-refractivity contribution in [2.75, 3.05) is 0 Å². The fourth-order valence-corrected chi connectivity index (χ4v) is 0.768. The molecule has 0 aliphatic carbocycles. The maximum atomic E-state index is 5.54. The number of nitrogens with two attached hydrogens (primary N) is 1. The molecule has 1 aromatic heterocycles. The lowest BCUT2D eigenvalue weighted by molar-refractivity contribution is 0.370. The summed E-state index contributed by atoms with van der Waals surface area (Å²) in [6, 6.07) is -0.135. The molecule has 1 atom stereocenters. The normalized spacial score (nSPS) is 13.4. The van der Waals surface area contributed by atoms with Crippen LogP contribution in [0.2, 0.25) is 0 Å². The van der Waals surface area contributed by atoms with E-state index in [9.17, 15) is 0 Å². The van der Waals surface area contributed by atoms with E-state index >= 15 is 0 Å². The van der Waals surface area contributed by atoms with Gasteiger partial charge < -0.3 is 10.3 Å². The highest BCUT2D eigenvalue weighted by Crippen LogP contribution is 2.05. The number of hydrogen-bond donors (Lipinski definition) is 1. The molecule has 4 nitrogen and oxygen atoms in total. The minimum atomic E-state index is -0.135. The molecule has 0 amide bonds. The summed E-state index contributed by atoms with van der Waals surface area (Å²) in [4.78, 5) is 4.10. The van der Waals surface area contributed by atoms with E-state index in [4.69, 9.17) is 10.3 Å². The first-order valence-corrected chi connectivity index (χ1v) is 3.82. The largest absolute Gasteiger partial charge is 0.339 e. The van der Waals surface area contributed by atoms with Crippen LogP contribution >= 0.6 is 0 Å². The number of rotatable bonds is 3. The van der Waals surface area contributed by atoms with Gasteiger partial charge in [0.1, 0.15) is 0 Å². The van der Waals surface area contributed by atoms with Crippen LogP contribution in [0.3, 0.4) is 0 Å². The second kappa shape index (κ2) is 3.48. The van der Waals surface area contributed by atoms with Gasteiger partial charge in [-0.05, 0) is 13.3 Å². The summed E-state index contributed by atoms with van der Waals surface area (Å²) in [5.41, 5.74) is 5.54. The summed E-state index contributed by atoms with van der Waals surface area (Å²) in [5.74, 6) is 1.27. The van der Waals surface area contributed by atoms with Gasteiger partial charge in [-0.1, -0.05) is 12.1 Å². The molecule has 1 heterocycles. The quantitative estimate of drug-likeness (QED) is 0.708. The van der Waals surface area contributed by atoms with E-state index in [1.54, 1.807) is 0 Å². The lowest BCUT2D eigenvalue weighted by Gasteiger charge is -1.92. The molecule has 11 heavy (non-hydrogen) atoms. The van der Waals surface area contributed by atoms with E-state index in [0.717, 1.165) is 12.8 Å². The third-order valence-electron chi connectivity index (χ3n) is 1.35. The van der Waals surface area contributed by atoms with Gasteiger partial charge in [0, 0.05) is 6.42 Å². The van der Waals surface area contributed by atoms with Crippen molar-refractivity contribution in [2.45, 2.75) is 32.7 Å². The van der Waals surface area contributed by atoms with Crippen molar-refractivity contribution in [2.24, 2.45) is 5.73 Å². The highest BCUT2D eigenvalue weighted by Gasteiger charge is 2.07. The molecule has 0 aromatic carbocycles. The first-order chi connectivity index (χ1) is 5.24. The molecule has 1 aromatic rings. The standard InChI is InChI=1S/C7H13N3O/c1-3-4-6-9-7(5(2)8)10-11-6/h5H,3-4,8H2,1-2H3. The number of hydrogen-bond acceptors (Lipinski definition) is 4. The van der Waals surface area contributed by atoms with Gasteiger partial charge in [-0.2, -0.15) is 4.98 Å². The topological polar surface area (TPSA) is 64.9 Å². The minimum Gasteiger partial charge on any atom is -0.339 e. The number of aromatic nitrogens is 2. The molecule has 0 radical (unpaired) electrons. The van der Waals surface area contributed by atoms with Crippen LogP contribution in [-0.4, -0.2) is 10.1 Å². The summed E-state index contributed by atoms with van der Waals surface area (Å²) in [6.45, 7) is 3.90. The van der Waals surface area contributed by atoms with Crippen molar-refractivity contribution >= 4 is 0 Å². The van der Waals surface area contributed by atoms with Crippen LogP contribution < -0.4 is 5.73 Å². The molecule has 0 saturated carbocycles. The third kappa shape index (κ3) is 2.01. The Morgan fingerprint density at radius 1 is 1.64 bits per heavy atom.